The Labute approximate surface area is 97.7 Å². The zero-order valence-corrected chi connectivity index (χ0v) is 10.1. The van der Waals surface area contributed by atoms with E-state index in [1.165, 1.54) is 48.0 Å². The van der Waals surface area contributed by atoms with Crippen LogP contribution < -0.4 is 0 Å². The molecule has 0 saturated heterocycles. The van der Waals surface area contributed by atoms with Gasteiger partial charge in [-0.15, -0.1) is 0 Å². The van der Waals surface area contributed by atoms with E-state index in [0.717, 1.165) is 0 Å². The van der Waals surface area contributed by atoms with E-state index in [-0.39, 0.29) is 0 Å². The Hall–Kier alpha value is -1.30. The first-order valence-electron chi connectivity index (χ1n) is 6.23. The van der Waals surface area contributed by atoms with Crippen molar-refractivity contribution in [3.8, 4) is 0 Å². The van der Waals surface area contributed by atoms with Crippen molar-refractivity contribution in [2.24, 2.45) is 0 Å². The van der Waals surface area contributed by atoms with Crippen LogP contribution in [0.2, 0.25) is 0 Å². The molecule has 0 unspecified atom stereocenters. The summed E-state index contributed by atoms with van der Waals surface area (Å²) in [6, 6.07) is 4.60. The first-order valence-corrected chi connectivity index (χ1v) is 6.23. The van der Waals surface area contributed by atoms with Crippen molar-refractivity contribution >= 4 is 12.2 Å². The molecule has 0 bridgehead atoms. The standard InChI is InChI=1S/C16H18/c1-11-3-7-15-13(9-11)5-6-14-10-12(2)4-8-16(14)15/h5-6,9-10H,3-4,7-8H2,1-2H3. The van der Waals surface area contributed by atoms with Gasteiger partial charge in [0, 0.05) is 0 Å². The van der Waals surface area contributed by atoms with Gasteiger partial charge in [-0.25, -0.2) is 0 Å². The molecule has 0 N–H and O–H groups in total. The van der Waals surface area contributed by atoms with Crippen LogP contribution in [-0.2, 0) is 12.8 Å². The number of benzene rings is 1. The zero-order valence-electron chi connectivity index (χ0n) is 10.1. The summed E-state index contributed by atoms with van der Waals surface area (Å²) < 4.78 is 0. The molecule has 2 aliphatic carbocycles. The van der Waals surface area contributed by atoms with Crippen LogP contribution in [0.15, 0.2) is 23.3 Å². The third-order valence-corrected chi connectivity index (χ3v) is 3.85. The van der Waals surface area contributed by atoms with Gasteiger partial charge in [0.1, 0.15) is 0 Å². The van der Waals surface area contributed by atoms with Crippen LogP contribution in [0.4, 0.5) is 0 Å². The highest BCUT2D eigenvalue weighted by atomic mass is 14.2. The second-order valence-corrected chi connectivity index (χ2v) is 5.18. The van der Waals surface area contributed by atoms with Crippen molar-refractivity contribution in [2.45, 2.75) is 39.5 Å². The highest BCUT2D eigenvalue weighted by Crippen LogP contribution is 2.33. The summed E-state index contributed by atoms with van der Waals surface area (Å²) >= 11 is 0. The lowest BCUT2D eigenvalue weighted by atomic mass is 9.82. The maximum absolute atomic E-state index is 2.37. The van der Waals surface area contributed by atoms with Crippen LogP contribution in [-0.4, -0.2) is 0 Å². The molecule has 16 heavy (non-hydrogen) atoms. The first kappa shape index (κ1) is 9.89. The van der Waals surface area contributed by atoms with Crippen molar-refractivity contribution in [1.29, 1.82) is 0 Å². The van der Waals surface area contributed by atoms with Crippen molar-refractivity contribution in [1.82, 2.24) is 0 Å². The van der Waals surface area contributed by atoms with Crippen LogP contribution >= 0.6 is 0 Å². The summed E-state index contributed by atoms with van der Waals surface area (Å²) in [5.74, 6) is 0. The third kappa shape index (κ3) is 1.53. The molecule has 0 atom stereocenters. The van der Waals surface area contributed by atoms with Gasteiger partial charge in [0.2, 0.25) is 0 Å². The average Bonchev–Trinajstić information content (AvgIpc) is 2.28. The maximum Gasteiger partial charge on any atom is -0.0222 e. The quantitative estimate of drug-likeness (QED) is 0.596. The summed E-state index contributed by atoms with van der Waals surface area (Å²) in [5.41, 5.74) is 9.22. The molecule has 2 aliphatic rings. The fourth-order valence-electron chi connectivity index (χ4n) is 2.91. The lowest BCUT2D eigenvalue weighted by Gasteiger charge is -2.23. The van der Waals surface area contributed by atoms with Gasteiger partial charge in [0.15, 0.2) is 0 Å². The van der Waals surface area contributed by atoms with Crippen molar-refractivity contribution in [2.75, 3.05) is 0 Å². The minimum Gasteiger partial charge on any atom is -0.0724 e. The van der Waals surface area contributed by atoms with E-state index in [9.17, 15) is 0 Å². The fourth-order valence-corrected chi connectivity index (χ4v) is 2.91. The lowest BCUT2D eigenvalue weighted by molar-refractivity contribution is 0.861. The van der Waals surface area contributed by atoms with Crippen LogP contribution in [0.25, 0.3) is 12.2 Å². The predicted molar refractivity (Wildman–Crippen MR) is 70.4 cm³/mol. The fraction of sp³-hybridized carbons (Fsp3) is 0.375. The molecule has 82 valence electrons. The lowest BCUT2D eigenvalue weighted by Crippen LogP contribution is -2.07. The van der Waals surface area contributed by atoms with Crippen molar-refractivity contribution in [3.05, 3.63) is 45.5 Å². The zero-order chi connectivity index (χ0) is 11.1. The Morgan fingerprint density at radius 2 is 1.12 bits per heavy atom. The van der Waals surface area contributed by atoms with E-state index in [1.54, 1.807) is 11.1 Å². The van der Waals surface area contributed by atoms with Gasteiger partial charge < -0.3 is 0 Å². The van der Waals surface area contributed by atoms with Crippen LogP contribution in [0.3, 0.4) is 0 Å². The third-order valence-electron chi connectivity index (χ3n) is 3.85. The number of hydrogen-bond donors (Lipinski definition) is 0. The average molecular weight is 210 g/mol. The van der Waals surface area contributed by atoms with E-state index in [2.05, 4.69) is 38.1 Å². The molecular formula is C16H18. The van der Waals surface area contributed by atoms with Gasteiger partial charge in [0.05, 0.1) is 0 Å². The summed E-state index contributed by atoms with van der Waals surface area (Å²) in [7, 11) is 0. The molecule has 0 aromatic heterocycles. The molecule has 3 rings (SSSR count). The minimum atomic E-state index is 1.24. The molecule has 0 fully saturated rings. The van der Waals surface area contributed by atoms with E-state index in [1.807, 2.05) is 0 Å². The highest BCUT2D eigenvalue weighted by molar-refractivity contribution is 5.68. The van der Waals surface area contributed by atoms with E-state index in [4.69, 9.17) is 0 Å². The Kier molecular flexibility index (Phi) is 2.24. The molecule has 0 heteroatoms. The van der Waals surface area contributed by atoms with Crippen LogP contribution in [0.5, 0.6) is 0 Å². The highest BCUT2D eigenvalue weighted by Gasteiger charge is 2.17. The molecule has 0 heterocycles. The van der Waals surface area contributed by atoms with Gasteiger partial charge >= 0.3 is 0 Å². The van der Waals surface area contributed by atoms with Gasteiger partial charge in [-0.3, -0.25) is 0 Å². The first-order chi connectivity index (χ1) is 7.74. The smallest absolute Gasteiger partial charge is 0.0222 e. The molecule has 0 radical (unpaired) electrons. The molecule has 0 aliphatic heterocycles. The molecule has 0 nitrogen and oxygen atoms in total. The van der Waals surface area contributed by atoms with E-state index >= 15 is 0 Å². The normalized spacial score (nSPS) is 18.4. The van der Waals surface area contributed by atoms with Gasteiger partial charge in [0.25, 0.3) is 0 Å². The number of rotatable bonds is 0. The second kappa shape index (κ2) is 3.62. The van der Waals surface area contributed by atoms with Crippen LogP contribution in [0.1, 0.15) is 48.9 Å². The number of hydrogen-bond acceptors (Lipinski definition) is 0. The molecule has 1 aromatic rings. The molecule has 0 saturated carbocycles. The second-order valence-electron chi connectivity index (χ2n) is 5.18. The van der Waals surface area contributed by atoms with Gasteiger partial charge in [-0.05, 0) is 61.8 Å². The van der Waals surface area contributed by atoms with Crippen molar-refractivity contribution in [3.63, 3.8) is 0 Å². The predicted octanol–water partition coefficient (Wildman–Crippen LogP) is 4.39. The number of fused-ring (bicyclic) bond motifs is 3. The summed E-state index contributed by atoms with van der Waals surface area (Å²) in [4.78, 5) is 0. The Morgan fingerprint density at radius 1 is 0.688 bits per heavy atom. The van der Waals surface area contributed by atoms with Crippen molar-refractivity contribution < 1.29 is 0 Å². The summed E-state index contributed by atoms with van der Waals surface area (Å²) in [6.45, 7) is 4.48. The SMILES string of the molecule is CC1=Cc2ccc3c(c2CC1)CCC(C)=C3. The largest absolute Gasteiger partial charge is 0.0724 e. The van der Waals surface area contributed by atoms with E-state index in [0.29, 0.717) is 0 Å². The molecule has 1 aromatic carbocycles. The van der Waals surface area contributed by atoms with E-state index < -0.39 is 0 Å². The summed E-state index contributed by atoms with van der Waals surface area (Å²) in [5, 5.41) is 0. The number of allylic oxidation sites excluding steroid dienone is 2. The topological polar surface area (TPSA) is 0 Å². The molecule has 0 amide bonds. The Morgan fingerprint density at radius 3 is 1.56 bits per heavy atom. The summed E-state index contributed by atoms with van der Waals surface area (Å²) in [6.07, 6.45) is 9.70. The Balaban J connectivity index is 2.18. The molecule has 0 spiro atoms. The molecular weight excluding hydrogens is 192 g/mol. The Bertz CT molecular complexity index is 454. The van der Waals surface area contributed by atoms with Crippen LogP contribution in [0, 0.1) is 0 Å². The minimum absolute atomic E-state index is 1.24. The van der Waals surface area contributed by atoms with Gasteiger partial charge in [-0.2, -0.15) is 0 Å². The monoisotopic (exact) mass is 210 g/mol. The van der Waals surface area contributed by atoms with Gasteiger partial charge in [-0.1, -0.05) is 35.4 Å². The maximum atomic E-state index is 2.37.